The molecule has 0 radical (unpaired) electrons. The van der Waals surface area contributed by atoms with Gasteiger partial charge in [-0.1, -0.05) is 12.8 Å². The number of aliphatic hydroxyl groups is 2. The molecule has 4 unspecified atom stereocenters. The Bertz CT molecular complexity index is 1110. The number of hydrogen-bond acceptors (Lipinski definition) is 11. The molecule has 0 spiro atoms. The van der Waals surface area contributed by atoms with Gasteiger partial charge in [0.05, 0.1) is 36.9 Å². The Labute approximate surface area is 249 Å². The standard InChI is InChI=1S/C22H41N5O12S3/c28-14(12-39-42(36,37)38)10-17(29)15(27-41(33,34)35)11-24-20(31)7-2-1-5-9-23-19(30)8-4-3-6-18-21-16(13-40-18)25-22(32)26-21/h14-18,21,27-29H,1-13H2,(H,23,30)(H,24,31)(H2,25,26,32)(H,33,34,35)(H,36,37,38)/t14?,15?,16-,17?,18?,21-/m0/s1. The zero-order chi connectivity index (χ0) is 31.3. The Morgan fingerprint density at radius 1 is 0.976 bits per heavy atom. The summed E-state index contributed by atoms with van der Waals surface area (Å²) in [4.78, 5) is 35.6. The SMILES string of the molecule is O=C(CCCCC1SC[C@@H]2NC(=O)N[C@H]12)NCCCCCC(=O)NCC(NS(=O)(=O)O)C(O)CC(O)COS(=O)(=O)O. The van der Waals surface area contributed by atoms with Crippen molar-refractivity contribution >= 4 is 50.3 Å². The molecule has 6 atom stereocenters. The first-order valence-electron chi connectivity index (χ1n) is 13.6. The summed E-state index contributed by atoms with van der Waals surface area (Å²) >= 11 is 1.84. The summed E-state index contributed by atoms with van der Waals surface area (Å²) in [5.41, 5.74) is 0. The van der Waals surface area contributed by atoms with Crippen LogP contribution in [0.4, 0.5) is 4.79 Å². The molecule has 4 amide bonds. The summed E-state index contributed by atoms with van der Waals surface area (Å²) in [6.07, 6.45) is 0.899. The van der Waals surface area contributed by atoms with E-state index in [0.717, 1.165) is 25.0 Å². The molecule has 2 aliphatic rings. The lowest BCUT2D eigenvalue weighted by molar-refractivity contribution is -0.122. The van der Waals surface area contributed by atoms with E-state index in [9.17, 15) is 41.4 Å². The van der Waals surface area contributed by atoms with Gasteiger partial charge in [-0.3, -0.25) is 18.7 Å². The summed E-state index contributed by atoms with van der Waals surface area (Å²) in [6.45, 7) is -0.910. The fourth-order valence-corrected chi connectivity index (χ4v) is 7.11. The van der Waals surface area contributed by atoms with Gasteiger partial charge in [0.2, 0.25) is 11.8 Å². The van der Waals surface area contributed by atoms with E-state index in [0.29, 0.717) is 37.5 Å². The Balaban J connectivity index is 1.55. The van der Waals surface area contributed by atoms with Crippen LogP contribution < -0.4 is 26.0 Å². The van der Waals surface area contributed by atoms with Crippen LogP contribution in [0.3, 0.4) is 0 Å². The van der Waals surface area contributed by atoms with Crippen LogP contribution in [0, 0.1) is 0 Å². The molecular weight excluding hydrogens is 622 g/mol. The normalized spacial score (nSPS) is 22.5. The molecule has 0 saturated carbocycles. The highest BCUT2D eigenvalue weighted by molar-refractivity contribution is 8.00. The fourth-order valence-electron chi connectivity index (χ4n) is 4.61. The molecule has 244 valence electrons. The average Bonchev–Trinajstić information content (AvgIpc) is 3.43. The first-order valence-corrected chi connectivity index (χ1v) is 17.4. The first-order chi connectivity index (χ1) is 19.6. The van der Waals surface area contributed by atoms with Gasteiger partial charge >= 0.3 is 26.7 Å². The van der Waals surface area contributed by atoms with Crippen molar-refractivity contribution in [3.8, 4) is 0 Å². The minimum atomic E-state index is -4.84. The third kappa shape index (κ3) is 15.1. The minimum absolute atomic E-state index is 0.0499. The Kier molecular flexibility index (Phi) is 15.2. The maximum absolute atomic E-state index is 12.1. The highest BCUT2D eigenvalue weighted by Gasteiger charge is 2.42. The molecule has 2 saturated heterocycles. The topological polar surface area (TPSA) is 270 Å². The van der Waals surface area contributed by atoms with Crippen LogP contribution in [0.25, 0.3) is 0 Å². The van der Waals surface area contributed by atoms with Gasteiger partial charge in [-0.05, 0) is 25.7 Å². The zero-order valence-corrected chi connectivity index (χ0v) is 25.4. The maximum atomic E-state index is 12.1. The molecule has 9 N–H and O–H groups in total. The van der Waals surface area contributed by atoms with E-state index in [1.54, 1.807) is 4.72 Å². The average molecular weight is 664 g/mol. The van der Waals surface area contributed by atoms with E-state index in [1.165, 1.54) is 0 Å². The van der Waals surface area contributed by atoms with Crippen molar-refractivity contribution in [1.29, 1.82) is 0 Å². The third-order valence-corrected chi connectivity index (χ3v) is 9.23. The van der Waals surface area contributed by atoms with Crippen LogP contribution in [0.2, 0.25) is 0 Å². The van der Waals surface area contributed by atoms with E-state index in [2.05, 4.69) is 25.5 Å². The van der Waals surface area contributed by atoms with Crippen LogP contribution in [-0.4, -0.2) is 115 Å². The van der Waals surface area contributed by atoms with Crippen LogP contribution in [0.5, 0.6) is 0 Å². The summed E-state index contributed by atoms with van der Waals surface area (Å²) in [7, 11) is -9.64. The Hall–Kier alpha value is -1.78. The quantitative estimate of drug-likeness (QED) is 0.0373. The Morgan fingerprint density at radius 3 is 2.31 bits per heavy atom. The zero-order valence-electron chi connectivity index (χ0n) is 22.9. The van der Waals surface area contributed by atoms with Crippen molar-refractivity contribution in [2.24, 2.45) is 0 Å². The summed E-state index contributed by atoms with van der Waals surface area (Å²) in [5.74, 6) is 0.380. The fraction of sp³-hybridized carbons (Fsp3) is 0.864. The number of nitrogens with one attached hydrogen (secondary N) is 5. The van der Waals surface area contributed by atoms with Crippen molar-refractivity contribution in [1.82, 2.24) is 26.0 Å². The molecule has 42 heavy (non-hydrogen) atoms. The van der Waals surface area contributed by atoms with E-state index in [4.69, 9.17) is 9.11 Å². The number of rotatable bonds is 21. The monoisotopic (exact) mass is 663 g/mol. The van der Waals surface area contributed by atoms with Gasteiger partial charge in [-0.2, -0.15) is 33.3 Å². The molecule has 2 aliphatic heterocycles. The number of carbonyl (C=O) groups excluding carboxylic acids is 3. The van der Waals surface area contributed by atoms with Crippen LogP contribution >= 0.6 is 11.8 Å². The number of aliphatic hydroxyl groups excluding tert-OH is 2. The number of hydrogen-bond donors (Lipinski definition) is 9. The molecule has 0 aliphatic carbocycles. The van der Waals surface area contributed by atoms with Crippen LogP contribution in [-0.2, 0) is 34.5 Å². The van der Waals surface area contributed by atoms with Crippen molar-refractivity contribution in [3.05, 3.63) is 0 Å². The van der Waals surface area contributed by atoms with Gasteiger partial charge in [0, 0.05) is 43.4 Å². The van der Waals surface area contributed by atoms with Gasteiger partial charge in [-0.15, -0.1) is 0 Å². The van der Waals surface area contributed by atoms with Crippen LogP contribution in [0.1, 0.15) is 57.8 Å². The highest BCUT2D eigenvalue weighted by atomic mass is 32.3. The lowest BCUT2D eigenvalue weighted by Gasteiger charge is -2.24. The summed E-state index contributed by atoms with van der Waals surface area (Å²) < 4.78 is 66.8. The van der Waals surface area contributed by atoms with E-state index < -0.39 is 64.4 Å². The summed E-state index contributed by atoms with van der Waals surface area (Å²) in [6, 6.07) is -1.24. The highest BCUT2D eigenvalue weighted by Crippen LogP contribution is 2.33. The number of unbranched alkanes of at least 4 members (excludes halogenated alkanes) is 3. The summed E-state index contributed by atoms with van der Waals surface area (Å²) in [5, 5.41) is 31.4. The first kappa shape index (κ1) is 36.4. The molecular formula is C22H41N5O12S3. The van der Waals surface area contributed by atoms with Gasteiger partial charge in [0.25, 0.3) is 0 Å². The minimum Gasteiger partial charge on any atom is -0.391 e. The predicted molar refractivity (Wildman–Crippen MR) is 151 cm³/mol. The number of fused-ring (bicyclic) bond motifs is 1. The molecule has 2 heterocycles. The lowest BCUT2D eigenvalue weighted by Crippen LogP contribution is -2.51. The van der Waals surface area contributed by atoms with Crippen LogP contribution in [0.15, 0.2) is 0 Å². The molecule has 0 aromatic rings. The molecule has 20 heteroatoms. The van der Waals surface area contributed by atoms with E-state index >= 15 is 0 Å². The number of thioether (sulfide) groups is 1. The third-order valence-electron chi connectivity index (χ3n) is 6.69. The number of urea groups is 1. The Morgan fingerprint density at radius 2 is 1.64 bits per heavy atom. The van der Waals surface area contributed by atoms with Gasteiger partial charge < -0.3 is 31.5 Å². The van der Waals surface area contributed by atoms with Crippen molar-refractivity contribution in [3.63, 3.8) is 0 Å². The second kappa shape index (κ2) is 17.5. The van der Waals surface area contributed by atoms with Crippen molar-refractivity contribution < 1.29 is 54.7 Å². The van der Waals surface area contributed by atoms with Crippen molar-refractivity contribution in [2.75, 3.05) is 25.4 Å². The largest absolute Gasteiger partial charge is 0.397 e. The maximum Gasteiger partial charge on any atom is 0.397 e. The molecule has 0 aromatic carbocycles. The molecule has 17 nitrogen and oxygen atoms in total. The lowest BCUT2D eigenvalue weighted by atomic mass is 10.0. The van der Waals surface area contributed by atoms with E-state index in [-0.39, 0.29) is 30.4 Å². The second-order valence-corrected chi connectivity index (χ2v) is 13.8. The number of carbonyl (C=O) groups is 3. The van der Waals surface area contributed by atoms with Gasteiger partial charge in [0.1, 0.15) is 0 Å². The van der Waals surface area contributed by atoms with Crippen molar-refractivity contribution in [2.45, 2.75) is 93.4 Å². The predicted octanol–water partition coefficient (Wildman–Crippen LogP) is -1.80. The molecule has 2 fully saturated rings. The second-order valence-electron chi connectivity index (χ2n) is 10.2. The molecule has 0 bridgehead atoms. The molecule has 2 rings (SSSR count). The van der Waals surface area contributed by atoms with Gasteiger partial charge in [-0.25, -0.2) is 8.98 Å². The smallest absolute Gasteiger partial charge is 0.391 e. The molecule has 0 aromatic heterocycles. The van der Waals surface area contributed by atoms with E-state index in [1.807, 2.05) is 11.8 Å². The van der Waals surface area contributed by atoms with Gasteiger partial charge in [0.15, 0.2) is 0 Å². The number of amides is 4.